The van der Waals surface area contributed by atoms with Gasteiger partial charge in [0.05, 0.1) is 6.10 Å². The first-order valence-corrected chi connectivity index (χ1v) is 7.85. The van der Waals surface area contributed by atoms with Gasteiger partial charge in [0.1, 0.15) is 0 Å². The molecule has 0 N–H and O–H groups in total. The quantitative estimate of drug-likeness (QED) is 0.677. The molecule has 1 heterocycles. The number of carbonyl (C=O) groups is 1. The van der Waals surface area contributed by atoms with Crippen molar-refractivity contribution in [2.45, 2.75) is 51.6 Å². The van der Waals surface area contributed by atoms with Gasteiger partial charge in [-0.15, -0.1) is 0 Å². The van der Waals surface area contributed by atoms with E-state index in [0.29, 0.717) is 12.5 Å². The molecular weight excluding hydrogens is 282 g/mol. The second-order valence-electron chi connectivity index (χ2n) is 4.54. The van der Waals surface area contributed by atoms with Crippen LogP contribution in [-0.2, 0) is 9.53 Å². The minimum absolute atomic E-state index is 0.280. The van der Waals surface area contributed by atoms with Gasteiger partial charge in [0, 0.05) is 31.4 Å². The number of hydrogen-bond acceptors (Lipinski definition) is 2. The van der Waals surface area contributed by atoms with Crippen molar-refractivity contribution in [3.63, 3.8) is 0 Å². The molecule has 100 valence electrons. The lowest BCUT2D eigenvalue weighted by Gasteiger charge is -2.24. The zero-order valence-electron chi connectivity index (χ0n) is 10.8. The third-order valence-electron chi connectivity index (χ3n) is 3.25. The van der Waals surface area contributed by atoms with Crippen LogP contribution in [-0.4, -0.2) is 41.9 Å². The van der Waals surface area contributed by atoms with Gasteiger partial charge in [-0.1, -0.05) is 15.9 Å². The van der Waals surface area contributed by atoms with Crippen LogP contribution in [0.3, 0.4) is 0 Å². The molecule has 1 atom stereocenters. The number of halogens is 1. The second-order valence-corrected chi connectivity index (χ2v) is 5.34. The van der Waals surface area contributed by atoms with Gasteiger partial charge in [-0.3, -0.25) is 4.79 Å². The maximum Gasteiger partial charge on any atom is 0.222 e. The molecule has 3 nitrogen and oxygen atoms in total. The Labute approximate surface area is 113 Å². The molecule has 1 unspecified atom stereocenters. The summed E-state index contributed by atoms with van der Waals surface area (Å²) in [7, 11) is 0. The van der Waals surface area contributed by atoms with E-state index >= 15 is 0 Å². The Bertz CT molecular complexity index is 217. The van der Waals surface area contributed by atoms with Gasteiger partial charge in [0.2, 0.25) is 5.91 Å². The van der Waals surface area contributed by atoms with Crippen molar-refractivity contribution in [1.29, 1.82) is 0 Å². The molecule has 0 aromatic carbocycles. The van der Waals surface area contributed by atoms with E-state index in [1.54, 1.807) is 0 Å². The molecule has 1 saturated heterocycles. The molecule has 1 amide bonds. The molecule has 4 heteroatoms. The molecule has 0 saturated carbocycles. The van der Waals surface area contributed by atoms with E-state index in [1.807, 2.05) is 11.8 Å². The number of hydrogen-bond donors (Lipinski definition) is 0. The van der Waals surface area contributed by atoms with Crippen LogP contribution in [0.1, 0.15) is 45.4 Å². The van der Waals surface area contributed by atoms with Gasteiger partial charge in [-0.2, -0.15) is 0 Å². The summed E-state index contributed by atoms with van der Waals surface area (Å²) in [6.45, 7) is 4.60. The Kier molecular flexibility index (Phi) is 7.86. The molecule has 1 rings (SSSR count). The van der Waals surface area contributed by atoms with E-state index in [0.717, 1.165) is 44.3 Å². The molecule has 17 heavy (non-hydrogen) atoms. The van der Waals surface area contributed by atoms with Crippen LogP contribution in [0.4, 0.5) is 0 Å². The molecule has 0 aliphatic carbocycles. The molecule has 1 aliphatic heterocycles. The van der Waals surface area contributed by atoms with Crippen LogP contribution in [0.5, 0.6) is 0 Å². The normalized spacial score (nSPS) is 20.2. The smallest absolute Gasteiger partial charge is 0.222 e. The SMILES string of the molecule is CCN(CCCBr)C(=O)CCC1CCCCO1. The molecule has 0 spiro atoms. The molecule has 0 aromatic heterocycles. The minimum Gasteiger partial charge on any atom is -0.378 e. The summed E-state index contributed by atoms with van der Waals surface area (Å²) in [6.07, 6.45) is 6.43. The second kappa shape index (κ2) is 8.92. The fraction of sp³-hybridized carbons (Fsp3) is 0.923. The molecular formula is C13H24BrNO2. The average Bonchev–Trinajstić information content (AvgIpc) is 2.38. The molecule has 1 fully saturated rings. The summed E-state index contributed by atoms with van der Waals surface area (Å²) in [5, 5.41) is 0.961. The van der Waals surface area contributed by atoms with Gasteiger partial charge in [-0.25, -0.2) is 0 Å². The average molecular weight is 306 g/mol. The Morgan fingerprint density at radius 3 is 2.88 bits per heavy atom. The monoisotopic (exact) mass is 305 g/mol. The summed E-state index contributed by atoms with van der Waals surface area (Å²) >= 11 is 3.40. The third kappa shape index (κ3) is 5.87. The molecule has 0 aromatic rings. The predicted molar refractivity (Wildman–Crippen MR) is 73.5 cm³/mol. The highest BCUT2D eigenvalue weighted by molar-refractivity contribution is 9.09. The van der Waals surface area contributed by atoms with E-state index < -0.39 is 0 Å². The van der Waals surface area contributed by atoms with E-state index in [2.05, 4.69) is 15.9 Å². The largest absolute Gasteiger partial charge is 0.378 e. The van der Waals surface area contributed by atoms with Crippen molar-refractivity contribution in [1.82, 2.24) is 4.90 Å². The van der Waals surface area contributed by atoms with E-state index in [1.165, 1.54) is 12.8 Å². The van der Waals surface area contributed by atoms with Gasteiger partial charge >= 0.3 is 0 Å². The topological polar surface area (TPSA) is 29.5 Å². The van der Waals surface area contributed by atoms with Crippen LogP contribution >= 0.6 is 15.9 Å². The fourth-order valence-corrected chi connectivity index (χ4v) is 2.44. The number of carbonyl (C=O) groups excluding carboxylic acids is 1. The standard InChI is InChI=1S/C13H24BrNO2/c1-2-15(10-5-9-14)13(16)8-7-12-6-3-4-11-17-12/h12H,2-11H2,1H3. The van der Waals surface area contributed by atoms with E-state index in [4.69, 9.17) is 4.74 Å². The van der Waals surface area contributed by atoms with Crippen LogP contribution in [0, 0.1) is 0 Å². The summed E-state index contributed by atoms with van der Waals surface area (Å²) in [5.41, 5.74) is 0. The Balaban J connectivity index is 2.21. The highest BCUT2D eigenvalue weighted by Gasteiger charge is 2.17. The van der Waals surface area contributed by atoms with Gasteiger partial charge in [0.25, 0.3) is 0 Å². The first-order valence-electron chi connectivity index (χ1n) is 6.73. The van der Waals surface area contributed by atoms with E-state index in [-0.39, 0.29) is 5.91 Å². The first kappa shape index (κ1) is 15.0. The lowest BCUT2D eigenvalue weighted by atomic mass is 10.0. The van der Waals surface area contributed by atoms with Crippen LogP contribution in [0.2, 0.25) is 0 Å². The highest BCUT2D eigenvalue weighted by atomic mass is 79.9. The van der Waals surface area contributed by atoms with Gasteiger partial charge in [-0.05, 0) is 39.0 Å². The predicted octanol–water partition coefficient (Wildman–Crippen LogP) is 2.97. The van der Waals surface area contributed by atoms with E-state index in [9.17, 15) is 4.79 Å². The Morgan fingerprint density at radius 2 is 2.29 bits per heavy atom. The summed E-state index contributed by atoms with van der Waals surface area (Å²) in [5.74, 6) is 0.280. The number of amides is 1. The van der Waals surface area contributed by atoms with Gasteiger partial charge in [0.15, 0.2) is 0 Å². The number of nitrogens with zero attached hydrogens (tertiary/aromatic N) is 1. The molecule has 0 bridgehead atoms. The fourth-order valence-electron chi connectivity index (χ4n) is 2.19. The van der Waals surface area contributed by atoms with Crippen molar-refractivity contribution in [2.24, 2.45) is 0 Å². The maximum absolute atomic E-state index is 12.0. The molecule has 0 radical (unpaired) electrons. The lowest BCUT2D eigenvalue weighted by Crippen LogP contribution is -2.33. The summed E-state index contributed by atoms with van der Waals surface area (Å²) in [4.78, 5) is 13.9. The van der Waals surface area contributed by atoms with Crippen LogP contribution in [0.25, 0.3) is 0 Å². The van der Waals surface area contributed by atoms with Crippen molar-refractivity contribution < 1.29 is 9.53 Å². The highest BCUT2D eigenvalue weighted by Crippen LogP contribution is 2.17. The zero-order chi connectivity index (χ0) is 12.5. The Morgan fingerprint density at radius 1 is 1.47 bits per heavy atom. The minimum atomic E-state index is 0.280. The number of ether oxygens (including phenoxy) is 1. The molecule has 1 aliphatic rings. The zero-order valence-corrected chi connectivity index (χ0v) is 12.4. The van der Waals surface area contributed by atoms with Crippen molar-refractivity contribution in [3.05, 3.63) is 0 Å². The maximum atomic E-state index is 12.0. The Hall–Kier alpha value is -0.0900. The lowest BCUT2D eigenvalue weighted by molar-refractivity contribution is -0.132. The van der Waals surface area contributed by atoms with Gasteiger partial charge < -0.3 is 9.64 Å². The number of rotatable bonds is 7. The summed E-state index contributed by atoms with van der Waals surface area (Å²) < 4.78 is 5.64. The first-order chi connectivity index (χ1) is 8.27. The third-order valence-corrected chi connectivity index (χ3v) is 3.81. The van der Waals surface area contributed by atoms with Crippen molar-refractivity contribution in [2.75, 3.05) is 25.0 Å². The number of alkyl halides is 1. The van der Waals surface area contributed by atoms with Crippen molar-refractivity contribution in [3.8, 4) is 0 Å². The summed E-state index contributed by atoms with van der Waals surface area (Å²) in [6, 6.07) is 0. The van der Waals surface area contributed by atoms with Crippen LogP contribution < -0.4 is 0 Å². The van der Waals surface area contributed by atoms with Crippen LogP contribution in [0.15, 0.2) is 0 Å². The van der Waals surface area contributed by atoms with Crippen molar-refractivity contribution >= 4 is 21.8 Å².